The molecule has 0 radical (unpaired) electrons. The van der Waals surface area contributed by atoms with Gasteiger partial charge in [0.1, 0.15) is 5.25 Å². The number of esters is 1. The Hall–Kier alpha value is -0.400. The normalized spacial score (nSPS) is 28.8. The third-order valence-corrected chi connectivity index (χ3v) is 3.58. The third kappa shape index (κ3) is 2.52. The van der Waals surface area contributed by atoms with Gasteiger partial charge in [0.05, 0.1) is 5.25 Å². The van der Waals surface area contributed by atoms with Crippen molar-refractivity contribution in [3.63, 3.8) is 0 Å². The summed E-state index contributed by atoms with van der Waals surface area (Å²) in [5.74, 6) is -0.841. The molecule has 1 rings (SSSR count). The summed E-state index contributed by atoms with van der Waals surface area (Å²) in [6.45, 7) is -1.23. The van der Waals surface area contributed by atoms with Crippen molar-refractivity contribution in [3.8, 4) is 0 Å². The van der Waals surface area contributed by atoms with Crippen LogP contribution < -0.4 is 0 Å². The number of halogens is 1. The number of thioether (sulfide) groups is 1. The summed E-state index contributed by atoms with van der Waals surface area (Å²) in [6.07, 6.45) is 1.37. The second-order valence-electron chi connectivity index (χ2n) is 2.18. The fourth-order valence-corrected chi connectivity index (χ4v) is 2.81. The van der Waals surface area contributed by atoms with Crippen LogP contribution in [0, 0.1) is 0 Å². The molecule has 0 saturated carbocycles. The van der Waals surface area contributed by atoms with Crippen LogP contribution in [0.25, 0.3) is 0 Å². The van der Waals surface area contributed by atoms with Gasteiger partial charge < -0.3 is 9.29 Å². The summed E-state index contributed by atoms with van der Waals surface area (Å²) in [5.41, 5.74) is 0. The zero-order valence-electron chi connectivity index (χ0n) is 6.34. The summed E-state index contributed by atoms with van der Waals surface area (Å²) in [6, 6.07) is 0. The molecule has 0 aromatic heterocycles. The minimum atomic E-state index is -2.38. The number of carbonyl (C=O) groups is 1. The Bertz CT molecular complexity index is 255. The Kier molecular flexibility index (Phi) is 3.89. The quantitative estimate of drug-likeness (QED) is 0.511. The fraction of sp³-hybridized carbons (Fsp3) is 0.500. The number of alkyl halides is 1. The van der Waals surface area contributed by atoms with Crippen LogP contribution in [0.15, 0.2) is 11.5 Å². The SMILES string of the molecule is O=C(OCF)C1SC=CC1S(=O)[O-]. The van der Waals surface area contributed by atoms with Gasteiger partial charge in [0, 0.05) is 0 Å². The lowest BCUT2D eigenvalue weighted by Gasteiger charge is -2.18. The molecular formula is C6H6FO4S2-. The maximum atomic E-state index is 11.6. The lowest BCUT2D eigenvalue weighted by Crippen LogP contribution is -2.31. The predicted molar refractivity (Wildman–Crippen MR) is 45.3 cm³/mol. The highest BCUT2D eigenvalue weighted by atomic mass is 32.2. The van der Waals surface area contributed by atoms with E-state index in [1.165, 1.54) is 11.5 Å². The number of hydrogen-bond acceptors (Lipinski definition) is 5. The van der Waals surface area contributed by atoms with Crippen molar-refractivity contribution in [3.05, 3.63) is 11.5 Å². The van der Waals surface area contributed by atoms with Crippen LogP contribution in [-0.4, -0.2) is 32.1 Å². The van der Waals surface area contributed by atoms with Crippen molar-refractivity contribution >= 4 is 28.8 Å². The van der Waals surface area contributed by atoms with Crippen molar-refractivity contribution in [2.24, 2.45) is 0 Å². The number of ether oxygens (including phenoxy) is 1. The molecule has 0 aromatic rings. The van der Waals surface area contributed by atoms with E-state index >= 15 is 0 Å². The summed E-state index contributed by atoms with van der Waals surface area (Å²) in [5, 5.41) is -0.289. The van der Waals surface area contributed by atoms with E-state index in [2.05, 4.69) is 4.74 Å². The van der Waals surface area contributed by atoms with Crippen LogP contribution in [0.5, 0.6) is 0 Å². The van der Waals surface area contributed by atoms with Crippen LogP contribution in [0.3, 0.4) is 0 Å². The van der Waals surface area contributed by atoms with Crippen LogP contribution >= 0.6 is 11.8 Å². The van der Waals surface area contributed by atoms with Crippen molar-refractivity contribution in [1.82, 2.24) is 0 Å². The lowest BCUT2D eigenvalue weighted by atomic mass is 10.3. The fourth-order valence-electron chi connectivity index (χ4n) is 0.876. The Labute approximate surface area is 80.8 Å². The first-order valence-corrected chi connectivity index (χ1v) is 5.37. The van der Waals surface area contributed by atoms with Gasteiger partial charge in [-0.15, -0.1) is 11.8 Å². The van der Waals surface area contributed by atoms with Gasteiger partial charge in [-0.25, -0.2) is 4.39 Å². The molecule has 74 valence electrons. The molecule has 1 heterocycles. The molecule has 1 aliphatic heterocycles. The molecular weight excluding hydrogens is 219 g/mol. The highest BCUT2D eigenvalue weighted by molar-refractivity contribution is 8.04. The predicted octanol–water partition coefficient (Wildman–Crippen LogP) is 0.333. The topological polar surface area (TPSA) is 66.4 Å². The zero-order valence-corrected chi connectivity index (χ0v) is 7.98. The maximum absolute atomic E-state index is 11.6. The van der Waals surface area contributed by atoms with Gasteiger partial charge in [0.2, 0.25) is 6.86 Å². The van der Waals surface area contributed by atoms with Gasteiger partial charge in [-0.2, -0.15) is 0 Å². The molecule has 0 aromatic carbocycles. The molecule has 0 amide bonds. The smallest absolute Gasteiger partial charge is 0.323 e. The van der Waals surface area contributed by atoms with E-state index < -0.39 is 34.4 Å². The van der Waals surface area contributed by atoms with Gasteiger partial charge >= 0.3 is 5.97 Å². The minimum absolute atomic E-state index is 0.841. The monoisotopic (exact) mass is 225 g/mol. The van der Waals surface area contributed by atoms with Crippen molar-refractivity contribution in [2.45, 2.75) is 10.5 Å². The van der Waals surface area contributed by atoms with Crippen LogP contribution in [-0.2, 0) is 20.6 Å². The zero-order chi connectivity index (χ0) is 9.84. The van der Waals surface area contributed by atoms with Crippen LogP contribution in [0.2, 0.25) is 0 Å². The first-order chi connectivity index (χ1) is 6.16. The molecule has 0 fully saturated rings. The van der Waals surface area contributed by atoms with E-state index in [0.29, 0.717) is 0 Å². The first-order valence-electron chi connectivity index (χ1n) is 3.29. The Morgan fingerprint density at radius 3 is 3.00 bits per heavy atom. The van der Waals surface area contributed by atoms with Gasteiger partial charge in [0.25, 0.3) is 0 Å². The Morgan fingerprint density at radius 2 is 2.46 bits per heavy atom. The molecule has 0 aliphatic carbocycles. The Morgan fingerprint density at radius 1 is 1.77 bits per heavy atom. The molecule has 0 spiro atoms. The number of hydrogen-bond donors (Lipinski definition) is 0. The minimum Gasteiger partial charge on any atom is -0.772 e. The van der Waals surface area contributed by atoms with E-state index in [1.807, 2.05) is 0 Å². The molecule has 0 saturated heterocycles. The van der Waals surface area contributed by atoms with Crippen molar-refractivity contribution in [1.29, 1.82) is 0 Å². The van der Waals surface area contributed by atoms with Gasteiger partial charge in [0.15, 0.2) is 0 Å². The molecule has 3 atom stereocenters. The number of rotatable bonds is 3. The second-order valence-corrected chi connectivity index (χ2v) is 4.30. The summed E-state index contributed by atoms with van der Waals surface area (Å²) in [7, 11) is 0. The van der Waals surface area contributed by atoms with Crippen molar-refractivity contribution < 1.29 is 22.7 Å². The van der Waals surface area contributed by atoms with Gasteiger partial charge in [-0.1, -0.05) is 6.08 Å². The van der Waals surface area contributed by atoms with Crippen LogP contribution in [0.4, 0.5) is 4.39 Å². The lowest BCUT2D eigenvalue weighted by molar-refractivity contribution is -0.146. The van der Waals surface area contributed by atoms with E-state index in [9.17, 15) is 17.9 Å². The van der Waals surface area contributed by atoms with E-state index in [0.717, 1.165) is 11.8 Å². The highest BCUT2D eigenvalue weighted by Gasteiger charge is 2.32. The molecule has 0 N–H and O–H groups in total. The molecule has 7 heteroatoms. The van der Waals surface area contributed by atoms with E-state index in [1.54, 1.807) is 0 Å². The third-order valence-electron chi connectivity index (χ3n) is 1.44. The first kappa shape index (κ1) is 10.7. The van der Waals surface area contributed by atoms with E-state index in [4.69, 9.17) is 0 Å². The second kappa shape index (κ2) is 4.73. The average Bonchev–Trinajstić information content (AvgIpc) is 2.52. The molecule has 3 unspecified atom stereocenters. The average molecular weight is 225 g/mol. The Balaban J connectivity index is 2.61. The van der Waals surface area contributed by atoms with Gasteiger partial charge in [-0.3, -0.25) is 9.00 Å². The largest absolute Gasteiger partial charge is 0.772 e. The standard InChI is InChI=1S/C6H7FO4S2/c7-3-11-6(8)5-4(13(9)10)1-2-12-5/h1-2,4-5H,3H2,(H,9,10)/p-1. The van der Waals surface area contributed by atoms with Gasteiger partial charge in [-0.05, 0) is 16.5 Å². The molecule has 4 nitrogen and oxygen atoms in total. The summed E-state index contributed by atoms with van der Waals surface area (Å²) >= 11 is -1.36. The number of carbonyl (C=O) groups excluding carboxylic acids is 1. The maximum Gasteiger partial charge on any atom is 0.323 e. The summed E-state index contributed by atoms with van der Waals surface area (Å²) < 4.78 is 36.8. The molecule has 13 heavy (non-hydrogen) atoms. The summed E-state index contributed by atoms with van der Waals surface area (Å²) in [4.78, 5) is 11.0. The van der Waals surface area contributed by atoms with Crippen molar-refractivity contribution in [2.75, 3.05) is 6.86 Å². The molecule has 0 bridgehead atoms. The highest BCUT2D eigenvalue weighted by Crippen LogP contribution is 2.28. The molecule has 1 aliphatic rings. The van der Waals surface area contributed by atoms with Crippen LogP contribution in [0.1, 0.15) is 0 Å². The van der Waals surface area contributed by atoms with E-state index in [-0.39, 0.29) is 0 Å².